The van der Waals surface area contributed by atoms with Crippen molar-refractivity contribution in [2.24, 2.45) is 22.7 Å². The SMILES string of the molecule is CCNC(=NCC1CCC(C)C1)NN. The number of rotatable bonds is 3. The molecule has 4 heteroatoms. The topological polar surface area (TPSA) is 62.4 Å². The Morgan fingerprint density at radius 3 is 2.79 bits per heavy atom. The molecule has 0 heterocycles. The molecule has 82 valence electrons. The molecule has 0 saturated heterocycles. The van der Waals surface area contributed by atoms with Crippen LogP contribution in [0.1, 0.15) is 33.1 Å². The standard InChI is InChI=1S/C10H22N4/c1-3-12-10(14-11)13-7-9-5-4-8(2)6-9/h8-9H,3-7,11H2,1-2H3,(H2,12,13,14). The molecule has 0 bridgehead atoms. The van der Waals surface area contributed by atoms with Crippen molar-refractivity contribution < 1.29 is 0 Å². The lowest BCUT2D eigenvalue weighted by Crippen LogP contribution is -2.41. The van der Waals surface area contributed by atoms with Gasteiger partial charge in [-0.15, -0.1) is 0 Å². The summed E-state index contributed by atoms with van der Waals surface area (Å²) in [6.07, 6.45) is 3.98. The summed E-state index contributed by atoms with van der Waals surface area (Å²) in [5.41, 5.74) is 2.58. The molecular weight excluding hydrogens is 176 g/mol. The van der Waals surface area contributed by atoms with Gasteiger partial charge >= 0.3 is 0 Å². The Bertz CT molecular complexity index is 191. The van der Waals surface area contributed by atoms with E-state index in [2.05, 4.69) is 22.7 Å². The largest absolute Gasteiger partial charge is 0.356 e. The third kappa shape index (κ3) is 3.54. The van der Waals surface area contributed by atoms with Crippen LogP contribution >= 0.6 is 0 Å². The minimum absolute atomic E-state index is 0.715. The molecule has 2 atom stereocenters. The predicted molar refractivity (Wildman–Crippen MR) is 59.8 cm³/mol. The van der Waals surface area contributed by atoms with Gasteiger partial charge in [-0.3, -0.25) is 10.4 Å². The van der Waals surface area contributed by atoms with Gasteiger partial charge in [0.2, 0.25) is 5.96 Å². The number of hydrogen-bond donors (Lipinski definition) is 3. The first-order valence-electron chi connectivity index (χ1n) is 5.51. The van der Waals surface area contributed by atoms with Gasteiger partial charge in [0.15, 0.2) is 0 Å². The van der Waals surface area contributed by atoms with Crippen molar-refractivity contribution in [1.29, 1.82) is 0 Å². The predicted octanol–water partition coefficient (Wildman–Crippen LogP) is 0.851. The van der Waals surface area contributed by atoms with E-state index in [-0.39, 0.29) is 0 Å². The third-order valence-corrected chi connectivity index (χ3v) is 2.79. The molecular formula is C10H22N4. The second kappa shape index (κ2) is 5.86. The van der Waals surface area contributed by atoms with Crippen LogP contribution in [-0.4, -0.2) is 19.0 Å². The number of nitrogens with two attached hydrogens (primary N) is 1. The maximum Gasteiger partial charge on any atom is 0.205 e. The average molecular weight is 198 g/mol. The van der Waals surface area contributed by atoms with Crippen LogP contribution in [0.5, 0.6) is 0 Å². The Labute approximate surface area is 86.3 Å². The molecule has 1 aliphatic rings. The molecule has 14 heavy (non-hydrogen) atoms. The van der Waals surface area contributed by atoms with Crippen LogP contribution < -0.4 is 16.6 Å². The number of hydrogen-bond acceptors (Lipinski definition) is 2. The van der Waals surface area contributed by atoms with Gasteiger partial charge in [-0.05, 0) is 31.6 Å². The summed E-state index contributed by atoms with van der Waals surface area (Å²) in [5, 5.41) is 3.08. The lowest BCUT2D eigenvalue weighted by atomic mass is 10.1. The van der Waals surface area contributed by atoms with Crippen molar-refractivity contribution in [2.75, 3.05) is 13.1 Å². The molecule has 0 aromatic carbocycles. The maximum atomic E-state index is 5.33. The summed E-state index contributed by atoms with van der Waals surface area (Å²) in [7, 11) is 0. The molecule has 2 unspecified atom stereocenters. The Kier molecular flexibility index (Phi) is 4.73. The summed E-state index contributed by atoms with van der Waals surface area (Å²) in [4.78, 5) is 4.42. The smallest absolute Gasteiger partial charge is 0.205 e. The zero-order valence-corrected chi connectivity index (χ0v) is 9.21. The van der Waals surface area contributed by atoms with Crippen molar-refractivity contribution in [1.82, 2.24) is 10.7 Å². The molecule has 4 N–H and O–H groups in total. The van der Waals surface area contributed by atoms with Gasteiger partial charge in [0.05, 0.1) is 0 Å². The molecule has 0 amide bonds. The van der Waals surface area contributed by atoms with Crippen LogP contribution in [-0.2, 0) is 0 Å². The van der Waals surface area contributed by atoms with E-state index in [1.54, 1.807) is 0 Å². The lowest BCUT2D eigenvalue weighted by molar-refractivity contribution is 0.524. The van der Waals surface area contributed by atoms with Crippen LogP contribution in [0.25, 0.3) is 0 Å². The number of guanidine groups is 1. The highest BCUT2D eigenvalue weighted by Crippen LogP contribution is 2.30. The second-order valence-electron chi connectivity index (χ2n) is 4.15. The fourth-order valence-corrected chi connectivity index (χ4v) is 2.03. The van der Waals surface area contributed by atoms with Gasteiger partial charge in [0.25, 0.3) is 0 Å². The monoisotopic (exact) mass is 198 g/mol. The molecule has 1 fully saturated rings. The second-order valence-corrected chi connectivity index (χ2v) is 4.15. The number of nitrogens with one attached hydrogen (secondary N) is 2. The summed E-state index contributed by atoms with van der Waals surface area (Å²) in [6.45, 7) is 6.10. The van der Waals surface area contributed by atoms with Gasteiger partial charge < -0.3 is 5.32 Å². The summed E-state index contributed by atoms with van der Waals surface area (Å²) in [5.74, 6) is 7.68. The van der Waals surface area contributed by atoms with Gasteiger partial charge in [0.1, 0.15) is 0 Å². The van der Waals surface area contributed by atoms with Crippen molar-refractivity contribution in [3.8, 4) is 0 Å². The molecule has 1 rings (SSSR count). The molecule has 0 aliphatic heterocycles. The van der Waals surface area contributed by atoms with Crippen molar-refractivity contribution in [3.63, 3.8) is 0 Å². The fraction of sp³-hybridized carbons (Fsp3) is 0.900. The molecule has 0 radical (unpaired) electrons. The third-order valence-electron chi connectivity index (χ3n) is 2.79. The maximum absolute atomic E-state index is 5.33. The molecule has 0 aromatic rings. The van der Waals surface area contributed by atoms with E-state index < -0.39 is 0 Å². The molecule has 0 aromatic heterocycles. The highest BCUT2D eigenvalue weighted by molar-refractivity contribution is 5.79. The van der Waals surface area contributed by atoms with Crippen LogP contribution in [0.15, 0.2) is 4.99 Å². The van der Waals surface area contributed by atoms with Crippen LogP contribution in [0.3, 0.4) is 0 Å². The molecule has 1 aliphatic carbocycles. The molecule has 1 saturated carbocycles. The van der Waals surface area contributed by atoms with Gasteiger partial charge in [-0.25, -0.2) is 5.84 Å². The Balaban J connectivity index is 2.29. The highest BCUT2D eigenvalue weighted by Gasteiger charge is 2.20. The van der Waals surface area contributed by atoms with E-state index in [0.29, 0.717) is 5.96 Å². The van der Waals surface area contributed by atoms with Crippen molar-refractivity contribution in [3.05, 3.63) is 0 Å². The number of hydrazine groups is 1. The molecule has 0 spiro atoms. The summed E-state index contributed by atoms with van der Waals surface area (Å²) in [6, 6.07) is 0. The average Bonchev–Trinajstić information content (AvgIpc) is 2.59. The minimum atomic E-state index is 0.715. The normalized spacial score (nSPS) is 27.8. The fourth-order valence-electron chi connectivity index (χ4n) is 2.03. The van der Waals surface area contributed by atoms with Crippen LogP contribution in [0.2, 0.25) is 0 Å². The summed E-state index contributed by atoms with van der Waals surface area (Å²) < 4.78 is 0. The zero-order valence-electron chi connectivity index (χ0n) is 9.21. The minimum Gasteiger partial charge on any atom is -0.356 e. The Morgan fingerprint density at radius 1 is 1.50 bits per heavy atom. The van der Waals surface area contributed by atoms with Crippen LogP contribution in [0.4, 0.5) is 0 Å². The Morgan fingerprint density at radius 2 is 2.29 bits per heavy atom. The first kappa shape index (κ1) is 11.3. The summed E-state index contributed by atoms with van der Waals surface area (Å²) >= 11 is 0. The van der Waals surface area contributed by atoms with Gasteiger partial charge in [-0.1, -0.05) is 13.3 Å². The van der Waals surface area contributed by atoms with Gasteiger partial charge in [0, 0.05) is 13.1 Å². The van der Waals surface area contributed by atoms with E-state index in [1.807, 2.05) is 6.92 Å². The number of nitrogens with zero attached hydrogens (tertiary/aromatic N) is 1. The first-order valence-corrected chi connectivity index (χ1v) is 5.51. The van der Waals surface area contributed by atoms with E-state index in [9.17, 15) is 0 Å². The number of aliphatic imine (C=N–C) groups is 1. The zero-order chi connectivity index (χ0) is 10.4. The van der Waals surface area contributed by atoms with Crippen molar-refractivity contribution >= 4 is 5.96 Å². The Hall–Kier alpha value is -0.770. The van der Waals surface area contributed by atoms with Crippen LogP contribution in [0, 0.1) is 11.8 Å². The quantitative estimate of drug-likeness (QED) is 0.273. The van der Waals surface area contributed by atoms with E-state index >= 15 is 0 Å². The lowest BCUT2D eigenvalue weighted by Gasteiger charge is -2.09. The first-order chi connectivity index (χ1) is 6.76. The van der Waals surface area contributed by atoms with Crippen molar-refractivity contribution in [2.45, 2.75) is 33.1 Å². The molecule has 4 nitrogen and oxygen atoms in total. The van der Waals surface area contributed by atoms with E-state index in [0.717, 1.165) is 24.9 Å². The van der Waals surface area contributed by atoms with E-state index in [1.165, 1.54) is 19.3 Å². The van der Waals surface area contributed by atoms with E-state index in [4.69, 9.17) is 5.84 Å². The van der Waals surface area contributed by atoms with Gasteiger partial charge in [-0.2, -0.15) is 0 Å². The highest BCUT2D eigenvalue weighted by atomic mass is 15.3.